The monoisotopic (exact) mass is 285 g/mol. The SMILES string of the molecule is COc1ccc(C)cc1COC(=O)c1c(C)cccc1N. The van der Waals surface area contributed by atoms with Gasteiger partial charge in [0.15, 0.2) is 0 Å². The maximum absolute atomic E-state index is 12.2. The van der Waals surface area contributed by atoms with Gasteiger partial charge in [-0.05, 0) is 37.6 Å². The van der Waals surface area contributed by atoms with Crippen LogP contribution < -0.4 is 10.5 Å². The Labute approximate surface area is 124 Å². The molecule has 110 valence electrons. The van der Waals surface area contributed by atoms with Gasteiger partial charge in [0.2, 0.25) is 0 Å². The number of hydrogen-bond donors (Lipinski definition) is 1. The minimum Gasteiger partial charge on any atom is -0.496 e. The van der Waals surface area contributed by atoms with Crippen LogP contribution in [0, 0.1) is 13.8 Å². The van der Waals surface area contributed by atoms with Crippen molar-refractivity contribution in [3.8, 4) is 5.75 Å². The van der Waals surface area contributed by atoms with Gasteiger partial charge in [-0.15, -0.1) is 0 Å². The summed E-state index contributed by atoms with van der Waals surface area (Å²) < 4.78 is 10.6. The summed E-state index contributed by atoms with van der Waals surface area (Å²) in [4.78, 5) is 12.2. The van der Waals surface area contributed by atoms with Crippen LogP contribution in [-0.4, -0.2) is 13.1 Å². The number of anilines is 1. The number of methoxy groups -OCH3 is 1. The number of nitrogen functional groups attached to an aromatic ring is 1. The highest BCUT2D eigenvalue weighted by atomic mass is 16.5. The van der Waals surface area contributed by atoms with Crippen molar-refractivity contribution < 1.29 is 14.3 Å². The number of rotatable bonds is 4. The van der Waals surface area contributed by atoms with Crippen LogP contribution in [0.3, 0.4) is 0 Å². The molecule has 2 N–H and O–H groups in total. The summed E-state index contributed by atoms with van der Waals surface area (Å²) in [5.74, 6) is 0.278. The van der Waals surface area contributed by atoms with Crippen LogP contribution in [0.25, 0.3) is 0 Å². The van der Waals surface area contributed by atoms with Crippen molar-refractivity contribution in [3.63, 3.8) is 0 Å². The van der Waals surface area contributed by atoms with Gasteiger partial charge in [0.1, 0.15) is 12.4 Å². The number of carbonyl (C=O) groups is 1. The molecule has 0 heterocycles. The number of carbonyl (C=O) groups excluding carboxylic acids is 1. The van der Waals surface area contributed by atoms with Crippen LogP contribution in [0.2, 0.25) is 0 Å². The van der Waals surface area contributed by atoms with Crippen molar-refractivity contribution in [2.24, 2.45) is 0 Å². The molecule has 0 saturated heterocycles. The van der Waals surface area contributed by atoms with Gasteiger partial charge in [-0.3, -0.25) is 0 Å². The van der Waals surface area contributed by atoms with Crippen molar-refractivity contribution in [2.75, 3.05) is 12.8 Å². The zero-order valence-corrected chi connectivity index (χ0v) is 12.5. The first-order valence-electron chi connectivity index (χ1n) is 6.68. The summed E-state index contributed by atoms with van der Waals surface area (Å²) in [7, 11) is 1.59. The van der Waals surface area contributed by atoms with E-state index in [0.717, 1.165) is 16.7 Å². The molecule has 0 fully saturated rings. The first-order chi connectivity index (χ1) is 10.0. The fourth-order valence-electron chi connectivity index (χ4n) is 2.20. The third-order valence-corrected chi connectivity index (χ3v) is 3.30. The number of ether oxygens (including phenoxy) is 2. The van der Waals surface area contributed by atoms with Gasteiger partial charge < -0.3 is 15.2 Å². The fourth-order valence-corrected chi connectivity index (χ4v) is 2.20. The summed E-state index contributed by atoms with van der Waals surface area (Å²) in [6.07, 6.45) is 0. The predicted molar refractivity (Wildman–Crippen MR) is 82.4 cm³/mol. The second-order valence-corrected chi connectivity index (χ2v) is 4.93. The van der Waals surface area contributed by atoms with E-state index in [0.29, 0.717) is 17.0 Å². The fraction of sp³-hybridized carbons (Fsp3) is 0.235. The molecule has 0 spiro atoms. The van der Waals surface area contributed by atoms with E-state index >= 15 is 0 Å². The van der Waals surface area contributed by atoms with E-state index in [4.69, 9.17) is 15.2 Å². The van der Waals surface area contributed by atoms with Crippen molar-refractivity contribution in [1.29, 1.82) is 0 Å². The lowest BCUT2D eigenvalue weighted by Gasteiger charge is -2.12. The summed E-state index contributed by atoms with van der Waals surface area (Å²) in [6, 6.07) is 11.1. The molecule has 4 nitrogen and oxygen atoms in total. The smallest absolute Gasteiger partial charge is 0.340 e. The summed E-state index contributed by atoms with van der Waals surface area (Å²) in [5.41, 5.74) is 9.41. The lowest BCUT2D eigenvalue weighted by Crippen LogP contribution is -2.10. The molecule has 0 aliphatic carbocycles. The molecule has 0 saturated carbocycles. The largest absolute Gasteiger partial charge is 0.496 e. The molecule has 0 amide bonds. The van der Waals surface area contributed by atoms with Gasteiger partial charge in [-0.2, -0.15) is 0 Å². The van der Waals surface area contributed by atoms with Crippen molar-refractivity contribution in [2.45, 2.75) is 20.5 Å². The van der Waals surface area contributed by atoms with Crippen molar-refractivity contribution in [1.82, 2.24) is 0 Å². The van der Waals surface area contributed by atoms with E-state index < -0.39 is 5.97 Å². The number of aryl methyl sites for hydroxylation is 2. The van der Waals surface area contributed by atoms with Crippen LogP contribution >= 0.6 is 0 Å². The number of benzene rings is 2. The van der Waals surface area contributed by atoms with Crippen LogP contribution in [0.1, 0.15) is 27.0 Å². The Morgan fingerprint density at radius 2 is 1.95 bits per heavy atom. The molecule has 0 aliphatic rings. The second-order valence-electron chi connectivity index (χ2n) is 4.93. The minimum atomic E-state index is -0.422. The third-order valence-electron chi connectivity index (χ3n) is 3.30. The Kier molecular flexibility index (Phi) is 4.48. The minimum absolute atomic E-state index is 0.150. The quantitative estimate of drug-likeness (QED) is 0.692. The highest BCUT2D eigenvalue weighted by molar-refractivity contribution is 5.96. The zero-order valence-electron chi connectivity index (χ0n) is 12.5. The van der Waals surface area contributed by atoms with Crippen molar-refractivity contribution in [3.05, 3.63) is 58.7 Å². The standard InChI is InChI=1S/C17H19NO3/c1-11-7-8-15(20-3)13(9-11)10-21-17(19)16-12(2)5-4-6-14(16)18/h4-9H,10,18H2,1-3H3. The van der Waals surface area contributed by atoms with Crippen molar-refractivity contribution >= 4 is 11.7 Å². The van der Waals surface area contributed by atoms with Crippen LogP contribution in [0.5, 0.6) is 5.75 Å². The van der Waals surface area contributed by atoms with E-state index in [-0.39, 0.29) is 6.61 Å². The molecule has 2 aromatic rings. The molecule has 0 atom stereocenters. The van der Waals surface area contributed by atoms with Crippen LogP contribution in [0.4, 0.5) is 5.69 Å². The Hall–Kier alpha value is -2.49. The number of nitrogens with two attached hydrogens (primary N) is 1. The molecule has 0 unspecified atom stereocenters. The summed E-state index contributed by atoms with van der Waals surface area (Å²) in [6.45, 7) is 3.96. The zero-order chi connectivity index (χ0) is 15.4. The highest BCUT2D eigenvalue weighted by Crippen LogP contribution is 2.22. The van der Waals surface area contributed by atoms with Crippen LogP contribution in [-0.2, 0) is 11.3 Å². The van der Waals surface area contributed by atoms with Gasteiger partial charge in [0, 0.05) is 11.3 Å². The van der Waals surface area contributed by atoms with Gasteiger partial charge in [-0.1, -0.05) is 23.8 Å². The Morgan fingerprint density at radius 3 is 2.62 bits per heavy atom. The molecule has 0 bridgehead atoms. The second kappa shape index (κ2) is 6.31. The van der Waals surface area contributed by atoms with E-state index in [1.165, 1.54) is 0 Å². The Bertz CT molecular complexity index is 645. The summed E-state index contributed by atoms with van der Waals surface area (Å²) >= 11 is 0. The molecule has 4 heteroatoms. The summed E-state index contributed by atoms with van der Waals surface area (Å²) in [5, 5.41) is 0. The Morgan fingerprint density at radius 1 is 1.19 bits per heavy atom. The van der Waals surface area contributed by atoms with E-state index in [1.807, 2.05) is 44.2 Å². The van der Waals surface area contributed by atoms with Crippen LogP contribution in [0.15, 0.2) is 36.4 Å². The molecule has 2 aromatic carbocycles. The average molecular weight is 285 g/mol. The maximum Gasteiger partial charge on any atom is 0.340 e. The number of esters is 1. The third kappa shape index (κ3) is 3.34. The number of hydrogen-bond acceptors (Lipinski definition) is 4. The molecule has 0 aliphatic heterocycles. The van der Waals surface area contributed by atoms with Gasteiger partial charge in [0.05, 0.1) is 12.7 Å². The predicted octanol–water partition coefficient (Wildman–Crippen LogP) is 3.25. The van der Waals surface area contributed by atoms with Gasteiger partial charge in [0.25, 0.3) is 0 Å². The van der Waals surface area contributed by atoms with E-state index in [9.17, 15) is 4.79 Å². The molecular formula is C17H19NO3. The first kappa shape index (κ1) is 14.9. The normalized spacial score (nSPS) is 10.2. The first-order valence-corrected chi connectivity index (χ1v) is 6.68. The molecule has 21 heavy (non-hydrogen) atoms. The molecule has 0 radical (unpaired) electrons. The average Bonchev–Trinajstić information content (AvgIpc) is 2.45. The lowest BCUT2D eigenvalue weighted by molar-refractivity contribution is 0.0470. The maximum atomic E-state index is 12.2. The van der Waals surface area contributed by atoms with Gasteiger partial charge in [-0.25, -0.2) is 4.79 Å². The molecule has 0 aromatic heterocycles. The van der Waals surface area contributed by atoms with E-state index in [1.54, 1.807) is 13.2 Å². The van der Waals surface area contributed by atoms with E-state index in [2.05, 4.69) is 0 Å². The van der Waals surface area contributed by atoms with Gasteiger partial charge >= 0.3 is 5.97 Å². The molecular weight excluding hydrogens is 266 g/mol. The lowest BCUT2D eigenvalue weighted by atomic mass is 10.1. The highest BCUT2D eigenvalue weighted by Gasteiger charge is 2.15. The Balaban J connectivity index is 2.17. The topological polar surface area (TPSA) is 61.5 Å². The molecule has 2 rings (SSSR count).